The fraction of sp³-hybridized carbons (Fsp3) is 0.500. The first-order valence-electron chi connectivity index (χ1n) is 10.9. The number of carbonyl (C=O) groups is 2. The summed E-state index contributed by atoms with van der Waals surface area (Å²) in [6, 6.07) is 5.46. The maximum absolute atomic E-state index is 13.1. The Hall–Kier alpha value is -2.50. The molecule has 3 rings (SSSR count). The number of carbonyl (C=O) groups excluding carboxylic acids is 2. The van der Waals surface area contributed by atoms with E-state index in [9.17, 15) is 18.0 Å². The molecule has 2 aromatic rings. The summed E-state index contributed by atoms with van der Waals surface area (Å²) >= 11 is 1.30. The normalized spacial score (nSPS) is 18.8. The number of hydrogen-bond acceptors (Lipinski definition) is 7. The van der Waals surface area contributed by atoms with Gasteiger partial charge in [-0.3, -0.25) is 9.59 Å². The number of piperidine rings is 1. The molecule has 2 N–H and O–H groups in total. The van der Waals surface area contributed by atoms with E-state index in [0.717, 1.165) is 0 Å². The van der Waals surface area contributed by atoms with Crippen molar-refractivity contribution < 1.29 is 22.7 Å². The number of rotatable bonds is 9. The molecule has 0 radical (unpaired) electrons. The molecule has 9 nitrogen and oxygen atoms in total. The zero-order valence-corrected chi connectivity index (χ0v) is 20.6. The van der Waals surface area contributed by atoms with Gasteiger partial charge >= 0.3 is 0 Å². The van der Waals surface area contributed by atoms with E-state index in [2.05, 4.69) is 15.6 Å². The molecule has 0 bridgehead atoms. The number of ether oxygens (including phenoxy) is 1. The second-order valence-electron chi connectivity index (χ2n) is 8.08. The van der Waals surface area contributed by atoms with E-state index >= 15 is 0 Å². The third-order valence-corrected chi connectivity index (χ3v) is 8.48. The third kappa shape index (κ3) is 6.10. The zero-order chi connectivity index (χ0) is 24.0. The van der Waals surface area contributed by atoms with E-state index < -0.39 is 22.0 Å². The Kier molecular flexibility index (Phi) is 8.44. The fourth-order valence-corrected chi connectivity index (χ4v) is 5.77. The molecule has 1 saturated heterocycles. The number of aromatic nitrogens is 1. The summed E-state index contributed by atoms with van der Waals surface area (Å²) in [6.07, 6.45) is 3.41. The molecule has 180 valence electrons. The Morgan fingerprint density at radius 2 is 2.03 bits per heavy atom. The number of amides is 2. The molecular formula is C22H30N4O5S2. The van der Waals surface area contributed by atoms with Crippen molar-refractivity contribution in [2.45, 2.75) is 44.0 Å². The second kappa shape index (κ2) is 11.1. The summed E-state index contributed by atoms with van der Waals surface area (Å²) in [6.45, 7) is 4.26. The van der Waals surface area contributed by atoms with Crippen molar-refractivity contribution in [2.75, 3.05) is 25.5 Å². The highest BCUT2D eigenvalue weighted by Crippen LogP contribution is 2.26. The number of thiazole rings is 1. The van der Waals surface area contributed by atoms with E-state index in [1.807, 2.05) is 13.8 Å². The van der Waals surface area contributed by atoms with Crippen molar-refractivity contribution in [3.8, 4) is 5.75 Å². The predicted octanol–water partition coefficient (Wildman–Crippen LogP) is 2.72. The number of anilines is 1. The first kappa shape index (κ1) is 25.1. The van der Waals surface area contributed by atoms with Gasteiger partial charge < -0.3 is 15.4 Å². The third-order valence-electron chi connectivity index (χ3n) is 5.91. The van der Waals surface area contributed by atoms with Crippen molar-refractivity contribution in [2.24, 2.45) is 11.8 Å². The number of hydrogen-bond donors (Lipinski definition) is 2. The van der Waals surface area contributed by atoms with Crippen molar-refractivity contribution in [1.29, 1.82) is 0 Å². The molecule has 0 saturated carbocycles. The van der Waals surface area contributed by atoms with Crippen molar-refractivity contribution >= 4 is 38.3 Å². The molecule has 1 aromatic heterocycles. The van der Waals surface area contributed by atoms with Gasteiger partial charge in [0.05, 0.1) is 17.9 Å². The molecule has 0 unspecified atom stereocenters. The van der Waals surface area contributed by atoms with Gasteiger partial charge in [-0.2, -0.15) is 4.31 Å². The lowest BCUT2D eigenvalue weighted by atomic mass is 9.95. The number of benzene rings is 1. The number of nitrogens with zero attached hydrogens (tertiary/aromatic N) is 2. The Morgan fingerprint density at radius 1 is 1.30 bits per heavy atom. The molecule has 3 atom stereocenters. The maximum atomic E-state index is 13.1. The maximum Gasteiger partial charge on any atom is 0.249 e. The van der Waals surface area contributed by atoms with Crippen LogP contribution in [0, 0.1) is 11.8 Å². The van der Waals surface area contributed by atoms with Crippen LogP contribution in [0.15, 0.2) is 40.7 Å². The van der Waals surface area contributed by atoms with Gasteiger partial charge in [0.25, 0.3) is 0 Å². The van der Waals surface area contributed by atoms with E-state index in [1.165, 1.54) is 34.9 Å². The first-order chi connectivity index (χ1) is 15.8. The van der Waals surface area contributed by atoms with Crippen LogP contribution in [0.25, 0.3) is 0 Å². The summed E-state index contributed by atoms with van der Waals surface area (Å²) in [5, 5.41) is 7.84. The number of nitrogens with one attached hydrogen (secondary N) is 2. The lowest BCUT2D eigenvalue weighted by Crippen LogP contribution is -2.52. The number of methoxy groups -OCH3 is 1. The average Bonchev–Trinajstić information content (AvgIpc) is 3.34. The van der Waals surface area contributed by atoms with E-state index in [4.69, 9.17) is 4.74 Å². The summed E-state index contributed by atoms with van der Waals surface area (Å²) < 4.78 is 32.6. The minimum atomic E-state index is -3.74. The molecule has 1 aliphatic heterocycles. The molecule has 1 aliphatic rings. The Labute approximate surface area is 198 Å². The SMILES string of the molecule is CC[C@H](C)[C@H](NC(=O)[C@H]1CCCN(S(=O)(=O)c2ccc(OC)cc2)C1)C(=O)Nc1nccs1. The monoisotopic (exact) mass is 494 g/mol. The lowest BCUT2D eigenvalue weighted by molar-refractivity contribution is -0.131. The van der Waals surface area contributed by atoms with E-state index in [-0.39, 0.29) is 29.2 Å². The summed E-state index contributed by atoms with van der Waals surface area (Å²) in [4.78, 5) is 30.1. The quantitative estimate of drug-likeness (QED) is 0.554. The van der Waals surface area contributed by atoms with Gasteiger partial charge in [-0.1, -0.05) is 20.3 Å². The topological polar surface area (TPSA) is 118 Å². The van der Waals surface area contributed by atoms with Gasteiger partial charge in [-0.15, -0.1) is 11.3 Å². The van der Waals surface area contributed by atoms with Crippen LogP contribution in [0.4, 0.5) is 5.13 Å². The van der Waals surface area contributed by atoms with Crippen LogP contribution < -0.4 is 15.4 Å². The van der Waals surface area contributed by atoms with Gasteiger partial charge in [0.1, 0.15) is 11.8 Å². The molecule has 0 spiro atoms. The van der Waals surface area contributed by atoms with Crippen LogP contribution in [0.2, 0.25) is 0 Å². The van der Waals surface area contributed by atoms with Gasteiger partial charge in [0.15, 0.2) is 5.13 Å². The molecule has 2 amide bonds. The van der Waals surface area contributed by atoms with Crippen LogP contribution >= 0.6 is 11.3 Å². The van der Waals surface area contributed by atoms with Crippen LogP contribution in [-0.2, 0) is 19.6 Å². The highest BCUT2D eigenvalue weighted by atomic mass is 32.2. The average molecular weight is 495 g/mol. The predicted molar refractivity (Wildman–Crippen MR) is 127 cm³/mol. The second-order valence-corrected chi connectivity index (χ2v) is 10.9. The van der Waals surface area contributed by atoms with Crippen molar-refractivity contribution in [3.05, 3.63) is 35.8 Å². The standard InChI is InChI=1S/C22H30N4O5S2/c1-4-15(2)19(21(28)25-22-23-11-13-32-22)24-20(27)16-6-5-12-26(14-16)33(29,30)18-9-7-17(31-3)8-10-18/h7-11,13,15-16,19H,4-6,12,14H2,1-3H3,(H,24,27)(H,23,25,28)/t15-,16-,19-/m0/s1. The van der Waals surface area contributed by atoms with Crippen molar-refractivity contribution in [3.63, 3.8) is 0 Å². The highest BCUT2D eigenvalue weighted by molar-refractivity contribution is 7.89. The minimum Gasteiger partial charge on any atom is -0.497 e. The van der Waals surface area contributed by atoms with Crippen LogP contribution in [0.5, 0.6) is 5.75 Å². The largest absolute Gasteiger partial charge is 0.497 e. The molecular weight excluding hydrogens is 464 g/mol. The van der Waals surface area contributed by atoms with Gasteiger partial charge in [-0.25, -0.2) is 13.4 Å². The van der Waals surface area contributed by atoms with Crippen molar-refractivity contribution in [1.82, 2.24) is 14.6 Å². The zero-order valence-electron chi connectivity index (χ0n) is 19.0. The smallest absolute Gasteiger partial charge is 0.249 e. The van der Waals surface area contributed by atoms with Crippen LogP contribution in [0.3, 0.4) is 0 Å². The van der Waals surface area contributed by atoms with Gasteiger partial charge in [0.2, 0.25) is 21.8 Å². The fourth-order valence-electron chi connectivity index (χ4n) is 3.71. The Balaban J connectivity index is 1.69. The first-order valence-corrected chi connectivity index (χ1v) is 13.2. The summed E-state index contributed by atoms with van der Waals surface area (Å²) in [7, 11) is -2.23. The lowest BCUT2D eigenvalue weighted by Gasteiger charge is -2.32. The molecule has 11 heteroatoms. The highest BCUT2D eigenvalue weighted by Gasteiger charge is 2.35. The number of sulfonamides is 1. The summed E-state index contributed by atoms with van der Waals surface area (Å²) in [5.74, 6) is -0.713. The Bertz CT molecular complexity index is 1040. The van der Waals surface area contributed by atoms with E-state index in [0.29, 0.717) is 36.7 Å². The molecule has 0 aliphatic carbocycles. The minimum absolute atomic E-state index is 0.0710. The van der Waals surface area contributed by atoms with Crippen LogP contribution in [-0.4, -0.2) is 55.8 Å². The Morgan fingerprint density at radius 3 is 2.64 bits per heavy atom. The molecule has 1 aromatic carbocycles. The molecule has 1 fully saturated rings. The molecule has 33 heavy (non-hydrogen) atoms. The summed E-state index contributed by atoms with van der Waals surface area (Å²) in [5.41, 5.74) is 0. The van der Waals surface area contributed by atoms with Gasteiger partial charge in [-0.05, 0) is 43.0 Å². The van der Waals surface area contributed by atoms with E-state index in [1.54, 1.807) is 23.7 Å². The molecule has 2 heterocycles. The van der Waals surface area contributed by atoms with Gasteiger partial charge in [0, 0.05) is 24.7 Å². The van der Waals surface area contributed by atoms with Crippen LogP contribution in [0.1, 0.15) is 33.1 Å².